The minimum Gasteiger partial charge on any atom is -0.491 e. The molecule has 0 amide bonds. The molecule has 1 atom stereocenters. The van der Waals surface area contributed by atoms with Gasteiger partial charge in [-0.25, -0.2) is 9.97 Å². The summed E-state index contributed by atoms with van der Waals surface area (Å²) in [5.41, 5.74) is 1.47. The average molecular weight is 353 g/mol. The first-order valence-corrected chi connectivity index (χ1v) is 8.56. The number of ether oxygens (including phenoxy) is 1. The standard InChI is InChI=1S/C20H23N3O3/c1-20(2,3)14-6-8-16(9-7-14)26-12-15(24)11-23-13-22-18-17(19(23)25)5-4-10-21-18/h4-10,13,15,24H,11-12H2,1-3H3. The summed E-state index contributed by atoms with van der Waals surface area (Å²) in [7, 11) is 0. The molecule has 0 saturated carbocycles. The SMILES string of the molecule is CC(C)(C)c1ccc(OCC(O)Cn2cnc3ncccc3c2=O)cc1. The van der Waals surface area contributed by atoms with Gasteiger partial charge in [0.15, 0.2) is 5.65 Å². The molecule has 136 valence electrons. The van der Waals surface area contributed by atoms with E-state index >= 15 is 0 Å². The third-order valence-electron chi connectivity index (χ3n) is 4.17. The Balaban J connectivity index is 1.63. The van der Waals surface area contributed by atoms with Gasteiger partial charge in [-0.3, -0.25) is 9.36 Å². The molecule has 0 radical (unpaired) electrons. The first-order chi connectivity index (χ1) is 12.3. The quantitative estimate of drug-likeness (QED) is 0.763. The van der Waals surface area contributed by atoms with Crippen molar-refractivity contribution in [3.05, 3.63) is 64.8 Å². The zero-order chi connectivity index (χ0) is 18.7. The highest BCUT2D eigenvalue weighted by Gasteiger charge is 2.14. The highest BCUT2D eigenvalue weighted by molar-refractivity contribution is 5.72. The van der Waals surface area contributed by atoms with E-state index in [9.17, 15) is 9.90 Å². The number of fused-ring (bicyclic) bond motifs is 1. The van der Waals surface area contributed by atoms with Gasteiger partial charge in [0, 0.05) is 6.20 Å². The molecular formula is C20H23N3O3. The number of hydrogen-bond donors (Lipinski definition) is 1. The van der Waals surface area contributed by atoms with Crippen molar-refractivity contribution in [3.63, 3.8) is 0 Å². The second-order valence-electron chi connectivity index (χ2n) is 7.32. The molecule has 1 unspecified atom stereocenters. The molecule has 0 bridgehead atoms. The first-order valence-electron chi connectivity index (χ1n) is 8.56. The Bertz CT molecular complexity index is 943. The van der Waals surface area contributed by atoms with Crippen molar-refractivity contribution in [2.75, 3.05) is 6.61 Å². The lowest BCUT2D eigenvalue weighted by Crippen LogP contribution is -2.30. The zero-order valence-electron chi connectivity index (χ0n) is 15.2. The average Bonchev–Trinajstić information content (AvgIpc) is 2.62. The lowest BCUT2D eigenvalue weighted by molar-refractivity contribution is 0.0914. The van der Waals surface area contributed by atoms with E-state index in [1.54, 1.807) is 18.3 Å². The lowest BCUT2D eigenvalue weighted by atomic mass is 9.87. The second-order valence-corrected chi connectivity index (χ2v) is 7.32. The van der Waals surface area contributed by atoms with Crippen LogP contribution in [0.15, 0.2) is 53.7 Å². The summed E-state index contributed by atoms with van der Waals surface area (Å²) in [5.74, 6) is 0.685. The third-order valence-corrected chi connectivity index (χ3v) is 4.17. The van der Waals surface area contributed by atoms with Gasteiger partial charge >= 0.3 is 0 Å². The van der Waals surface area contributed by atoms with Crippen LogP contribution < -0.4 is 10.3 Å². The topological polar surface area (TPSA) is 77.2 Å². The van der Waals surface area contributed by atoms with Crippen molar-refractivity contribution < 1.29 is 9.84 Å². The van der Waals surface area contributed by atoms with Crippen LogP contribution in [0.1, 0.15) is 26.3 Å². The smallest absolute Gasteiger partial charge is 0.262 e. The summed E-state index contributed by atoms with van der Waals surface area (Å²) in [6.07, 6.45) is 2.16. The van der Waals surface area contributed by atoms with Crippen LogP contribution in [0.25, 0.3) is 11.0 Å². The van der Waals surface area contributed by atoms with E-state index in [4.69, 9.17) is 4.74 Å². The molecule has 0 spiro atoms. The number of aliphatic hydroxyl groups is 1. The van der Waals surface area contributed by atoms with E-state index in [0.717, 1.165) is 0 Å². The van der Waals surface area contributed by atoms with E-state index in [-0.39, 0.29) is 24.1 Å². The Labute approximate surface area is 152 Å². The number of pyridine rings is 1. The fraction of sp³-hybridized carbons (Fsp3) is 0.350. The molecule has 1 aromatic carbocycles. The van der Waals surface area contributed by atoms with Crippen LogP contribution >= 0.6 is 0 Å². The minimum atomic E-state index is -0.828. The normalized spacial score (nSPS) is 12.9. The van der Waals surface area contributed by atoms with Gasteiger partial charge in [0.2, 0.25) is 0 Å². The molecule has 3 rings (SSSR count). The molecule has 3 aromatic rings. The van der Waals surface area contributed by atoms with E-state index in [1.165, 1.54) is 16.5 Å². The van der Waals surface area contributed by atoms with E-state index in [0.29, 0.717) is 16.8 Å². The van der Waals surface area contributed by atoms with Crippen molar-refractivity contribution in [1.82, 2.24) is 14.5 Å². The van der Waals surface area contributed by atoms with Crippen LogP contribution in [0.4, 0.5) is 0 Å². The molecule has 6 heteroatoms. The maximum absolute atomic E-state index is 12.4. The first kappa shape index (κ1) is 18.1. The monoisotopic (exact) mass is 353 g/mol. The van der Waals surface area contributed by atoms with Crippen LogP contribution in [0, 0.1) is 0 Å². The summed E-state index contributed by atoms with van der Waals surface area (Å²) in [5, 5.41) is 10.6. The maximum Gasteiger partial charge on any atom is 0.262 e. The minimum absolute atomic E-state index is 0.0805. The van der Waals surface area contributed by atoms with Gasteiger partial charge in [-0.2, -0.15) is 0 Å². The lowest BCUT2D eigenvalue weighted by Gasteiger charge is -2.19. The molecule has 1 N–H and O–H groups in total. The summed E-state index contributed by atoms with van der Waals surface area (Å²) >= 11 is 0. The predicted octanol–water partition coefficient (Wildman–Crippen LogP) is 2.53. The predicted molar refractivity (Wildman–Crippen MR) is 100 cm³/mol. The van der Waals surface area contributed by atoms with Crippen LogP contribution in [0.5, 0.6) is 5.75 Å². The molecule has 2 heterocycles. The molecule has 0 saturated heterocycles. The van der Waals surface area contributed by atoms with Gasteiger partial charge in [-0.1, -0.05) is 32.9 Å². The summed E-state index contributed by atoms with van der Waals surface area (Å²) in [6, 6.07) is 11.2. The van der Waals surface area contributed by atoms with Crippen LogP contribution in [0.3, 0.4) is 0 Å². The Morgan fingerprint density at radius 2 is 1.88 bits per heavy atom. The van der Waals surface area contributed by atoms with E-state index < -0.39 is 6.10 Å². The van der Waals surface area contributed by atoms with Gasteiger partial charge in [-0.15, -0.1) is 0 Å². The number of aliphatic hydroxyl groups excluding tert-OH is 1. The number of aromatic nitrogens is 3. The summed E-state index contributed by atoms with van der Waals surface area (Å²) < 4.78 is 7.01. The Hall–Kier alpha value is -2.73. The number of hydrogen-bond acceptors (Lipinski definition) is 5. The fourth-order valence-corrected chi connectivity index (χ4v) is 2.65. The van der Waals surface area contributed by atoms with Gasteiger partial charge in [0.05, 0.1) is 11.9 Å². The Morgan fingerprint density at radius 3 is 2.58 bits per heavy atom. The number of rotatable bonds is 5. The molecule has 0 aliphatic heterocycles. The van der Waals surface area contributed by atoms with Crippen molar-refractivity contribution in [3.8, 4) is 5.75 Å². The molecule has 0 aliphatic carbocycles. The number of nitrogens with zero attached hydrogens (tertiary/aromatic N) is 3. The zero-order valence-corrected chi connectivity index (χ0v) is 15.2. The van der Waals surface area contributed by atoms with Gasteiger partial charge in [-0.05, 0) is 35.2 Å². The second kappa shape index (κ2) is 7.25. The summed E-state index contributed by atoms with van der Waals surface area (Å²) in [4.78, 5) is 20.6. The van der Waals surface area contributed by atoms with Crippen LogP contribution in [-0.2, 0) is 12.0 Å². The van der Waals surface area contributed by atoms with Gasteiger partial charge < -0.3 is 9.84 Å². The van der Waals surface area contributed by atoms with Crippen molar-refractivity contribution in [1.29, 1.82) is 0 Å². The Morgan fingerprint density at radius 1 is 1.15 bits per heavy atom. The van der Waals surface area contributed by atoms with Crippen molar-refractivity contribution in [2.24, 2.45) is 0 Å². The molecular weight excluding hydrogens is 330 g/mol. The van der Waals surface area contributed by atoms with E-state index in [2.05, 4.69) is 30.7 Å². The van der Waals surface area contributed by atoms with Crippen LogP contribution in [-0.4, -0.2) is 32.4 Å². The highest BCUT2D eigenvalue weighted by Crippen LogP contribution is 2.24. The largest absolute Gasteiger partial charge is 0.491 e. The third kappa shape index (κ3) is 4.08. The molecule has 2 aromatic heterocycles. The molecule has 6 nitrogen and oxygen atoms in total. The highest BCUT2D eigenvalue weighted by atomic mass is 16.5. The van der Waals surface area contributed by atoms with Crippen LogP contribution in [0.2, 0.25) is 0 Å². The fourth-order valence-electron chi connectivity index (χ4n) is 2.65. The molecule has 0 fully saturated rings. The number of benzene rings is 1. The van der Waals surface area contributed by atoms with Gasteiger partial charge in [0.25, 0.3) is 5.56 Å². The molecule has 0 aliphatic rings. The maximum atomic E-state index is 12.4. The summed E-state index contributed by atoms with van der Waals surface area (Å²) in [6.45, 7) is 6.65. The Kier molecular flexibility index (Phi) is 5.04. The molecule has 26 heavy (non-hydrogen) atoms. The van der Waals surface area contributed by atoms with Gasteiger partial charge in [0.1, 0.15) is 24.8 Å². The van der Waals surface area contributed by atoms with E-state index in [1.807, 2.05) is 24.3 Å². The van der Waals surface area contributed by atoms with Crippen molar-refractivity contribution >= 4 is 11.0 Å². The van der Waals surface area contributed by atoms with Crippen molar-refractivity contribution in [2.45, 2.75) is 38.8 Å².